The zero-order chi connectivity index (χ0) is 16.2. The second kappa shape index (κ2) is 7.51. The van der Waals surface area contributed by atoms with Gasteiger partial charge in [0.25, 0.3) is 0 Å². The molecule has 0 bridgehead atoms. The van der Waals surface area contributed by atoms with E-state index in [9.17, 15) is 5.11 Å². The van der Waals surface area contributed by atoms with Crippen LogP contribution in [-0.4, -0.2) is 41.2 Å². The van der Waals surface area contributed by atoms with Gasteiger partial charge in [0.05, 0.1) is 26.9 Å². The normalized spacial score (nSPS) is 17.5. The zero-order valence-electron chi connectivity index (χ0n) is 13.8. The molecule has 1 heterocycles. The standard InChI is InChI=1S/C16H26N2O3S/c1-16(2,11-7-5-6-8-11)12(10-19)22-15-17-13(20-3)9-14(18-15)21-4/h9,11-12,19H,5-8,10H2,1-4H3. The van der Waals surface area contributed by atoms with E-state index < -0.39 is 0 Å². The highest BCUT2D eigenvalue weighted by Gasteiger charge is 2.39. The molecular formula is C16H26N2O3S. The van der Waals surface area contributed by atoms with E-state index in [4.69, 9.17) is 9.47 Å². The molecule has 1 fully saturated rings. The summed E-state index contributed by atoms with van der Waals surface area (Å²) < 4.78 is 10.4. The first-order chi connectivity index (χ1) is 10.5. The predicted molar refractivity (Wildman–Crippen MR) is 87.6 cm³/mol. The summed E-state index contributed by atoms with van der Waals surface area (Å²) in [7, 11) is 3.14. The summed E-state index contributed by atoms with van der Waals surface area (Å²) in [5, 5.41) is 10.5. The lowest BCUT2D eigenvalue weighted by Gasteiger charge is -2.37. The number of hydrogen-bond acceptors (Lipinski definition) is 6. The summed E-state index contributed by atoms with van der Waals surface area (Å²) in [4.78, 5) is 8.73. The van der Waals surface area contributed by atoms with E-state index in [0.717, 1.165) is 0 Å². The topological polar surface area (TPSA) is 64.5 Å². The maximum Gasteiger partial charge on any atom is 0.220 e. The van der Waals surface area contributed by atoms with Gasteiger partial charge >= 0.3 is 0 Å². The van der Waals surface area contributed by atoms with Crippen molar-refractivity contribution in [3.8, 4) is 11.8 Å². The maximum atomic E-state index is 9.90. The van der Waals surface area contributed by atoms with E-state index in [1.165, 1.54) is 37.4 Å². The van der Waals surface area contributed by atoms with E-state index in [1.807, 2.05) is 0 Å². The number of methoxy groups -OCH3 is 2. The van der Waals surface area contributed by atoms with Crippen LogP contribution in [0.15, 0.2) is 11.2 Å². The molecule has 22 heavy (non-hydrogen) atoms. The summed E-state index contributed by atoms with van der Waals surface area (Å²) in [6.07, 6.45) is 5.07. The third kappa shape index (κ3) is 3.84. The van der Waals surface area contributed by atoms with Gasteiger partial charge in [0.2, 0.25) is 11.8 Å². The van der Waals surface area contributed by atoms with Gasteiger partial charge in [-0.05, 0) is 24.2 Å². The largest absolute Gasteiger partial charge is 0.481 e. The van der Waals surface area contributed by atoms with Crippen LogP contribution in [0.5, 0.6) is 11.8 Å². The van der Waals surface area contributed by atoms with Crippen LogP contribution in [0.25, 0.3) is 0 Å². The van der Waals surface area contributed by atoms with Gasteiger partial charge in [0.15, 0.2) is 5.16 Å². The van der Waals surface area contributed by atoms with Crippen LogP contribution in [0.2, 0.25) is 0 Å². The summed E-state index contributed by atoms with van der Waals surface area (Å²) in [5.41, 5.74) is 0.0373. The van der Waals surface area contributed by atoms with Gasteiger partial charge in [-0.25, -0.2) is 0 Å². The minimum atomic E-state index is 0.0373. The van der Waals surface area contributed by atoms with Crippen LogP contribution in [0.1, 0.15) is 39.5 Å². The van der Waals surface area contributed by atoms with Gasteiger partial charge in [-0.3, -0.25) is 0 Å². The highest BCUT2D eigenvalue weighted by Crippen LogP contribution is 2.46. The molecule has 1 aromatic rings. The molecule has 1 aliphatic rings. The molecule has 1 aliphatic carbocycles. The molecular weight excluding hydrogens is 300 g/mol. The van der Waals surface area contributed by atoms with Crippen LogP contribution in [0.3, 0.4) is 0 Å². The van der Waals surface area contributed by atoms with E-state index >= 15 is 0 Å². The van der Waals surface area contributed by atoms with Crippen LogP contribution in [0.4, 0.5) is 0 Å². The Morgan fingerprint density at radius 3 is 2.23 bits per heavy atom. The number of thioether (sulfide) groups is 1. The first-order valence-corrected chi connectivity index (χ1v) is 8.63. The van der Waals surface area contributed by atoms with Crippen molar-refractivity contribution in [1.29, 1.82) is 0 Å². The van der Waals surface area contributed by atoms with Crippen molar-refractivity contribution in [2.45, 2.75) is 49.9 Å². The Hall–Kier alpha value is -1.01. The van der Waals surface area contributed by atoms with Gasteiger partial charge in [-0.1, -0.05) is 38.5 Å². The molecule has 0 aliphatic heterocycles. The van der Waals surface area contributed by atoms with Crippen LogP contribution in [-0.2, 0) is 0 Å². The predicted octanol–water partition coefficient (Wildman–Crippen LogP) is 3.16. The monoisotopic (exact) mass is 326 g/mol. The fourth-order valence-corrected chi connectivity index (χ4v) is 4.24. The third-order valence-corrected chi connectivity index (χ3v) is 6.16. The van der Waals surface area contributed by atoms with Gasteiger partial charge in [0, 0.05) is 5.25 Å². The van der Waals surface area contributed by atoms with Gasteiger partial charge in [-0.2, -0.15) is 9.97 Å². The Bertz CT molecular complexity index is 468. The molecule has 0 radical (unpaired) electrons. The van der Waals surface area contributed by atoms with Crippen molar-refractivity contribution >= 4 is 11.8 Å². The Kier molecular flexibility index (Phi) is 5.92. The SMILES string of the molecule is COc1cc(OC)nc(SC(CO)C(C)(C)C2CCCC2)n1. The fourth-order valence-electron chi connectivity index (χ4n) is 3.13. The first-order valence-electron chi connectivity index (χ1n) is 7.75. The minimum absolute atomic E-state index is 0.0373. The third-order valence-electron chi connectivity index (χ3n) is 4.73. The van der Waals surface area contributed by atoms with E-state index in [1.54, 1.807) is 20.3 Å². The van der Waals surface area contributed by atoms with E-state index in [-0.39, 0.29) is 17.3 Å². The van der Waals surface area contributed by atoms with Crippen molar-refractivity contribution in [2.24, 2.45) is 11.3 Å². The van der Waals surface area contributed by atoms with Gasteiger partial charge in [0.1, 0.15) is 0 Å². The number of ether oxygens (including phenoxy) is 2. The molecule has 0 saturated heterocycles. The highest BCUT2D eigenvalue weighted by molar-refractivity contribution is 7.99. The average Bonchev–Trinajstić information content (AvgIpc) is 3.07. The van der Waals surface area contributed by atoms with E-state index in [0.29, 0.717) is 22.8 Å². The minimum Gasteiger partial charge on any atom is -0.481 e. The molecule has 0 spiro atoms. The Labute approximate surface area is 136 Å². The number of nitrogens with zero attached hydrogens (tertiary/aromatic N) is 2. The number of hydrogen-bond donors (Lipinski definition) is 1. The summed E-state index contributed by atoms with van der Waals surface area (Å²) in [5.74, 6) is 1.60. The molecule has 1 saturated carbocycles. The number of rotatable bonds is 7. The molecule has 1 N–H and O–H groups in total. The molecule has 0 aromatic carbocycles. The Morgan fingerprint density at radius 2 is 1.77 bits per heavy atom. The van der Waals surface area contributed by atoms with Crippen LogP contribution in [0, 0.1) is 11.3 Å². The lowest BCUT2D eigenvalue weighted by Crippen LogP contribution is -2.36. The zero-order valence-corrected chi connectivity index (χ0v) is 14.7. The molecule has 5 nitrogen and oxygen atoms in total. The van der Waals surface area contributed by atoms with Crippen molar-refractivity contribution in [1.82, 2.24) is 9.97 Å². The maximum absolute atomic E-state index is 9.90. The van der Waals surface area contributed by atoms with Gasteiger partial charge < -0.3 is 14.6 Å². The number of aliphatic hydroxyl groups is 1. The smallest absolute Gasteiger partial charge is 0.220 e. The number of aromatic nitrogens is 2. The highest BCUT2D eigenvalue weighted by atomic mass is 32.2. The van der Waals surface area contributed by atoms with Crippen LogP contribution >= 0.6 is 11.8 Å². The Balaban J connectivity index is 2.18. The Morgan fingerprint density at radius 1 is 1.23 bits per heavy atom. The molecule has 124 valence electrons. The van der Waals surface area contributed by atoms with Gasteiger partial charge in [-0.15, -0.1) is 0 Å². The summed E-state index contributed by atoms with van der Waals surface area (Å²) in [6.45, 7) is 4.60. The van der Waals surface area contributed by atoms with Crippen molar-refractivity contribution in [2.75, 3.05) is 20.8 Å². The molecule has 6 heteroatoms. The second-order valence-electron chi connectivity index (χ2n) is 6.33. The summed E-state index contributed by atoms with van der Waals surface area (Å²) >= 11 is 1.51. The quantitative estimate of drug-likeness (QED) is 0.613. The summed E-state index contributed by atoms with van der Waals surface area (Å²) in [6, 6.07) is 1.65. The van der Waals surface area contributed by atoms with Crippen molar-refractivity contribution in [3.63, 3.8) is 0 Å². The molecule has 2 rings (SSSR count). The fraction of sp³-hybridized carbons (Fsp3) is 0.750. The van der Waals surface area contributed by atoms with E-state index in [2.05, 4.69) is 23.8 Å². The average molecular weight is 326 g/mol. The molecule has 1 unspecified atom stereocenters. The molecule has 1 aromatic heterocycles. The number of aliphatic hydroxyl groups excluding tert-OH is 1. The van der Waals surface area contributed by atoms with Crippen molar-refractivity contribution < 1.29 is 14.6 Å². The lowest BCUT2D eigenvalue weighted by molar-refractivity contribution is 0.157. The first kappa shape index (κ1) is 17.3. The molecule has 0 amide bonds. The van der Waals surface area contributed by atoms with Crippen LogP contribution < -0.4 is 9.47 Å². The van der Waals surface area contributed by atoms with Crippen molar-refractivity contribution in [3.05, 3.63) is 6.07 Å². The lowest BCUT2D eigenvalue weighted by atomic mass is 9.75. The molecule has 1 atom stereocenters. The second-order valence-corrected chi connectivity index (χ2v) is 7.50.